The molecule has 0 bridgehead atoms. The Hall–Kier alpha value is -2.14. The van der Waals surface area contributed by atoms with Crippen LogP contribution in [0, 0.1) is 4.77 Å². The van der Waals surface area contributed by atoms with Gasteiger partial charge in [-0.25, -0.2) is 0 Å². The first-order valence-corrected chi connectivity index (χ1v) is 6.51. The molecule has 0 unspecified atom stereocenters. The molecule has 0 aliphatic carbocycles. The van der Waals surface area contributed by atoms with Gasteiger partial charge in [-0.3, -0.25) is 9.67 Å². The van der Waals surface area contributed by atoms with Crippen LogP contribution in [-0.2, 0) is 6.42 Å². The molecule has 0 spiro atoms. The number of nitrogens with one attached hydrogen (secondary N) is 1. The highest BCUT2D eigenvalue weighted by atomic mass is 32.1. The highest BCUT2D eigenvalue weighted by molar-refractivity contribution is 7.71. The van der Waals surface area contributed by atoms with Crippen LogP contribution in [0.25, 0.3) is 17.1 Å². The van der Waals surface area contributed by atoms with Gasteiger partial charge in [-0.2, -0.15) is 5.10 Å². The van der Waals surface area contributed by atoms with Crippen LogP contribution in [0.15, 0.2) is 47.1 Å². The smallest absolute Gasteiger partial charge is 0.200 e. The summed E-state index contributed by atoms with van der Waals surface area (Å²) in [6, 6.07) is 11.8. The van der Waals surface area contributed by atoms with Crippen molar-refractivity contribution >= 4 is 12.2 Å². The molecule has 3 rings (SSSR count). The summed E-state index contributed by atoms with van der Waals surface area (Å²) in [5.74, 6) is 1.69. The summed E-state index contributed by atoms with van der Waals surface area (Å²) in [4.78, 5) is 0. The topological polar surface area (TPSA) is 46.8 Å². The Kier molecular flexibility index (Phi) is 3.05. The normalized spacial score (nSPS) is 10.8. The maximum Gasteiger partial charge on any atom is 0.200 e. The number of aromatic nitrogens is 3. The molecule has 1 aromatic carbocycles. The van der Waals surface area contributed by atoms with Crippen molar-refractivity contribution < 1.29 is 4.42 Å². The van der Waals surface area contributed by atoms with E-state index in [0.29, 0.717) is 4.77 Å². The van der Waals surface area contributed by atoms with Crippen molar-refractivity contribution in [3.8, 4) is 17.1 Å². The fourth-order valence-electron chi connectivity index (χ4n) is 2.11. The highest BCUT2D eigenvalue weighted by Crippen LogP contribution is 2.26. The van der Waals surface area contributed by atoms with Gasteiger partial charge in [-0.15, -0.1) is 0 Å². The summed E-state index contributed by atoms with van der Waals surface area (Å²) in [6.45, 7) is 2.05. The van der Waals surface area contributed by atoms with Gasteiger partial charge in [0.05, 0.1) is 11.8 Å². The van der Waals surface area contributed by atoms with Crippen molar-refractivity contribution in [3.05, 3.63) is 53.2 Å². The molecule has 0 atom stereocenters. The lowest BCUT2D eigenvalue weighted by atomic mass is 10.2. The number of furan rings is 1. The van der Waals surface area contributed by atoms with Crippen molar-refractivity contribution in [1.82, 2.24) is 14.8 Å². The molecule has 0 saturated carbocycles. The van der Waals surface area contributed by atoms with E-state index in [1.807, 2.05) is 41.0 Å². The number of hydrogen-bond acceptors (Lipinski definition) is 3. The molecular formula is C14H13N3OS. The van der Waals surface area contributed by atoms with Crippen molar-refractivity contribution in [2.75, 3.05) is 0 Å². The Morgan fingerprint density at radius 2 is 2.05 bits per heavy atom. The van der Waals surface area contributed by atoms with Crippen LogP contribution in [0.5, 0.6) is 0 Å². The predicted molar refractivity (Wildman–Crippen MR) is 75.8 cm³/mol. The van der Waals surface area contributed by atoms with E-state index in [9.17, 15) is 0 Å². The molecule has 0 saturated heterocycles. The molecule has 3 aromatic rings. The first kappa shape index (κ1) is 11.9. The fraction of sp³-hybridized carbons (Fsp3) is 0.143. The third-order valence-electron chi connectivity index (χ3n) is 2.99. The van der Waals surface area contributed by atoms with Crippen LogP contribution in [0.3, 0.4) is 0 Å². The van der Waals surface area contributed by atoms with Crippen molar-refractivity contribution in [2.24, 2.45) is 0 Å². The molecule has 0 aliphatic rings. The first-order chi connectivity index (χ1) is 9.31. The maximum atomic E-state index is 5.47. The largest absolute Gasteiger partial charge is 0.469 e. The molecule has 0 aliphatic heterocycles. The van der Waals surface area contributed by atoms with Gasteiger partial charge in [0, 0.05) is 12.1 Å². The van der Waals surface area contributed by atoms with Gasteiger partial charge in [-0.1, -0.05) is 25.1 Å². The number of nitrogens with zero attached hydrogens (tertiary/aromatic N) is 2. The lowest BCUT2D eigenvalue weighted by Crippen LogP contribution is -1.98. The minimum Gasteiger partial charge on any atom is -0.469 e. The van der Waals surface area contributed by atoms with E-state index < -0.39 is 0 Å². The monoisotopic (exact) mass is 271 g/mol. The van der Waals surface area contributed by atoms with E-state index in [1.165, 1.54) is 0 Å². The first-order valence-electron chi connectivity index (χ1n) is 6.11. The number of aromatic amines is 1. The third-order valence-corrected chi connectivity index (χ3v) is 3.27. The van der Waals surface area contributed by atoms with Crippen molar-refractivity contribution in [3.63, 3.8) is 0 Å². The van der Waals surface area contributed by atoms with Gasteiger partial charge in [0.15, 0.2) is 10.6 Å². The molecule has 2 heterocycles. The average Bonchev–Trinajstić information content (AvgIpc) is 3.05. The summed E-state index contributed by atoms with van der Waals surface area (Å²) in [7, 11) is 0. The van der Waals surface area contributed by atoms with Crippen molar-refractivity contribution in [1.29, 1.82) is 0 Å². The van der Waals surface area contributed by atoms with Gasteiger partial charge in [-0.05, 0) is 30.4 Å². The highest BCUT2D eigenvalue weighted by Gasteiger charge is 2.15. The summed E-state index contributed by atoms with van der Waals surface area (Å²) in [6.07, 6.45) is 2.50. The third kappa shape index (κ3) is 2.02. The molecule has 2 aromatic heterocycles. The van der Waals surface area contributed by atoms with E-state index in [4.69, 9.17) is 16.6 Å². The Morgan fingerprint density at radius 3 is 2.79 bits per heavy atom. The SMILES string of the molecule is CCc1occc1-c1n[nH]c(=S)n1-c1ccccc1. The van der Waals surface area contributed by atoms with E-state index in [0.717, 1.165) is 29.3 Å². The maximum absolute atomic E-state index is 5.47. The zero-order chi connectivity index (χ0) is 13.2. The van der Waals surface area contributed by atoms with Crippen LogP contribution in [-0.4, -0.2) is 14.8 Å². The summed E-state index contributed by atoms with van der Waals surface area (Å²) < 4.78 is 7.96. The molecule has 1 N–H and O–H groups in total. The van der Waals surface area contributed by atoms with Gasteiger partial charge in [0.25, 0.3) is 0 Å². The lowest BCUT2D eigenvalue weighted by molar-refractivity contribution is 0.517. The van der Waals surface area contributed by atoms with Gasteiger partial charge >= 0.3 is 0 Å². The minimum absolute atomic E-state index is 0.574. The summed E-state index contributed by atoms with van der Waals surface area (Å²) in [5, 5.41) is 7.18. The van der Waals surface area contributed by atoms with Crippen LogP contribution < -0.4 is 0 Å². The molecule has 4 nitrogen and oxygen atoms in total. The van der Waals surface area contributed by atoms with Crippen LogP contribution in [0.1, 0.15) is 12.7 Å². The van der Waals surface area contributed by atoms with Crippen LogP contribution >= 0.6 is 12.2 Å². The molecule has 0 amide bonds. The van der Waals surface area contributed by atoms with Gasteiger partial charge in [0.2, 0.25) is 0 Å². The second-order valence-electron chi connectivity index (χ2n) is 4.13. The number of hydrogen-bond donors (Lipinski definition) is 1. The summed E-state index contributed by atoms with van der Waals surface area (Å²) >= 11 is 5.32. The van der Waals surface area contributed by atoms with Gasteiger partial charge < -0.3 is 4.42 Å². The Balaban J connectivity index is 2.23. The lowest BCUT2D eigenvalue weighted by Gasteiger charge is -2.06. The standard InChI is InChI=1S/C14H13N3OS/c1-2-12-11(8-9-18-12)13-15-16-14(19)17(13)10-6-4-3-5-7-10/h3-9H,2H2,1H3,(H,16,19). The average molecular weight is 271 g/mol. The zero-order valence-electron chi connectivity index (χ0n) is 10.5. The quantitative estimate of drug-likeness (QED) is 0.738. The van der Waals surface area contributed by atoms with E-state index in [-0.39, 0.29) is 0 Å². The van der Waals surface area contributed by atoms with Crippen LogP contribution in [0.4, 0.5) is 0 Å². The van der Waals surface area contributed by atoms with Crippen LogP contribution in [0.2, 0.25) is 0 Å². The fourth-order valence-corrected chi connectivity index (χ4v) is 2.35. The Labute approximate surface area is 115 Å². The molecule has 19 heavy (non-hydrogen) atoms. The molecule has 0 fully saturated rings. The van der Waals surface area contributed by atoms with E-state index in [2.05, 4.69) is 17.1 Å². The van der Waals surface area contributed by atoms with Crippen molar-refractivity contribution in [2.45, 2.75) is 13.3 Å². The number of H-pyrrole nitrogens is 1. The Bertz CT molecular complexity index is 739. The number of rotatable bonds is 3. The minimum atomic E-state index is 0.574. The number of aryl methyl sites for hydroxylation is 1. The molecule has 96 valence electrons. The number of benzene rings is 1. The van der Waals surface area contributed by atoms with E-state index >= 15 is 0 Å². The Morgan fingerprint density at radius 1 is 1.26 bits per heavy atom. The molecule has 0 radical (unpaired) electrons. The van der Waals surface area contributed by atoms with Gasteiger partial charge in [0.1, 0.15) is 5.76 Å². The zero-order valence-corrected chi connectivity index (χ0v) is 11.3. The van der Waals surface area contributed by atoms with E-state index in [1.54, 1.807) is 6.26 Å². The summed E-state index contributed by atoms with van der Waals surface area (Å²) in [5.41, 5.74) is 1.96. The second-order valence-corrected chi connectivity index (χ2v) is 4.52. The molecular weight excluding hydrogens is 258 g/mol. The second kappa shape index (κ2) is 4.85. The number of para-hydroxylation sites is 1. The molecule has 5 heteroatoms. The predicted octanol–water partition coefficient (Wildman–Crippen LogP) is 3.75.